The first-order chi connectivity index (χ1) is 13.1. The average Bonchev–Trinajstić information content (AvgIpc) is 2.72. The molecule has 0 aromatic heterocycles. The molecule has 1 aliphatic rings. The number of carbonyl (C=O) groups is 1. The van der Waals surface area contributed by atoms with E-state index in [1.165, 1.54) is 5.69 Å². The van der Waals surface area contributed by atoms with E-state index in [1.807, 2.05) is 25.1 Å². The zero-order chi connectivity index (χ0) is 19.2. The van der Waals surface area contributed by atoms with E-state index in [1.54, 1.807) is 19.2 Å². The summed E-state index contributed by atoms with van der Waals surface area (Å²) < 4.78 is 10.4. The number of benzene rings is 2. The molecule has 0 amide bonds. The summed E-state index contributed by atoms with van der Waals surface area (Å²) in [5.41, 5.74) is 9.49. The Morgan fingerprint density at radius 1 is 1.04 bits per heavy atom. The Balaban J connectivity index is 1.62. The van der Waals surface area contributed by atoms with Crippen molar-refractivity contribution < 1.29 is 14.3 Å². The third-order valence-electron chi connectivity index (χ3n) is 4.76. The summed E-state index contributed by atoms with van der Waals surface area (Å²) in [4.78, 5) is 16.6. The summed E-state index contributed by atoms with van der Waals surface area (Å²) in [5, 5.41) is 0. The molecule has 1 fully saturated rings. The summed E-state index contributed by atoms with van der Waals surface area (Å²) in [6, 6.07) is 13.6. The van der Waals surface area contributed by atoms with Crippen LogP contribution in [0, 0.1) is 0 Å². The fourth-order valence-electron chi connectivity index (χ4n) is 3.25. The Morgan fingerprint density at radius 3 is 2.30 bits per heavy atom. The zero-order valence-corrected chi connectivity index (χ0v) is 16.0. The van der Waals surface area contributed by atoms with Crippen molar-refractivity contribution in [3.8, 4) is 5.75 Å². The molecule has 144 valence electrons. The summed E-state index contributed by atoms with van der Waals surface area (Å²) in [6.45, 7) is 5.95. The van der Waals surface area contributed by atoms with Crippen LogP contribution in [0.15, 0.2) is 42.5 Å². The summed E-state index contributed by atoms with van der Waals surface area (Å²) >= 11 is 0. The molecule has 0 unspecified atom stereocenters. The third kappa shape index (κ3) is 4.45. The van der Waals surface area contributed by atoms with Crippen LogP contribution in [0.4, 0.5) is 17.1 Å². The van der Waals surface area contributed by atoms with Crippen molar-refractivity contribution in [1.29, 1.82) is 0 Å². The van der Waals surface area contributed by atoms with Gasteiger partial charge in [-0.3, -0.25) is 0 Å². The number of anilines is 3. The number of hydrogen-bond acceptors (Lipinski definition) is 6. The van der Waals surface area contributed by atoms with E-state index in [4.69, 9.17) is 15.2 Å². The number of esters is 1. The zero-order valence-electron chi connectivity index (χ0n) is 16.0. The van der Waals surface area contributed by atoms with Crippen LogP contribution in [0.25, 0.3) is 0 Å². The van der Waals surface area contributed by atoms with Gasteiger partial charge in [-0.25, -0.2) is 4.79 Å². The number of ether oxygens (including phenoxy) is 2. The van der Waals surface area contributed by atoms with Gasteiger partial charge in [-0.1, -0.05) is 6.92 Å². The van der Waals surface area contributed by atoms with Crippen molar-refractivity contribution >= 4 is 23.0 Å². The van der Waals surface area contributed by atoms with E-state index < -0.39 is 0 Å². The molecule has 3 rings (SSSR count). The molecule has 0 spiro atoms. The average molecular weight is 369 g/mol. The molecular weight excluding hydrogens is 342 g/mol. The Bertz CT molecular complexity index is 769. The third-order valence-corrected chi connectivity index (χ3v) is 4.76. The molecule has 6 nitrogen and oxygen atoms in total. The van der Waals surface area contributed by atoms with Crippen molar-refractivity contribution in [3.05, 3.63) is 48.0 Å². The molecule has 0 radical (unpaired) electrons. The molecule has 0 aliphatic carbocycles. The van der Waals surface area contributed by atoms with Crippen LogP contribution in [0.2, 0.25) is 0 Å². The van der Waals surface area contributed by atoms with Crippen molar-refractivity contribution in [2.45, 2.75) is 13.3 Å². The fourth-order valence-corrected chi connectivity index (χ4v) is 3.25. The number of piperazine rings is 1. The fraction of sp³-hybridized carbons (Fsp3) is 0.381. The van der Waals surface area contributed by atoms with E-state index in [0.29, 0.717) is 17.9 Å². The van der Waals surface area contributed by atoms with Crippen molar-refractivity contribution in [2.24, 2.45) is 0 Å². The smallest absolute Gasteiger partial charge is 0.338 e. The van der Waals surface area contributed by atoms with Gasteiger partial charge >= 0.3 is 5.97 Å². The van der Waals surface area contributed by atoms with Crippen molar-refractivity contribution in [2.75, 3.05) is 55.4 Å². The van der Waals surface area contributed by atoms with Crippen LogP contribution in [-0.2, 0) is 4.74 Å². The predicted octanol–water partition coefficient (Wildman–Crippen LogP) is 3.17. The molecule has 27 heavy (non-hydrogen) atoms. The number of nitrogens with zero attached hydrogens (tertiary/aromatic N) is 2. The first-order valence-electron chi connectivity index (χ1n) is 9.33. The highest BCUT2D eigenvalue weighted by Crippen LogP contribution is 2.27. The highest BCUT2D eigenvalue weighted by atomic mass is 16.5. The Morgan fingerprint density at radius 2 is 1.70 bits per heavy atom. The molecule has 2 N–H and O–H groups in total. The molecule has 2 aromatic rings. The Kier molecular flexibility index (Phi) is 6.06. The molecule has 0 bridgehead atoms. The van der Waals surface area contributed by atoms with E-state index >= 15 is 0 Å². The minimum atomic E-state index is -0.320. The highest BCUT2D eigenvalue weighted by Gasteiger charge is 2.20. The van der Waals surface area contributed by atoms with Gasteiger partial charge in [0, 0.05) is 31.9 Å². The topological polar surface area (TPSA) is 68.0 Å². The molecule has 0 saturated carbocycles. The van der Waals surface area contributed by atoms with Crippen LogP contribution in [0.1, 0.15) is 23.7 Å². The quantitative estimate of drug-likeness (QED) is 0.623. The lowest BCUT2D eigenvalue weighted by Gasteiger charge is -2.38. The maximum atomic E-state index is 12.0. The van der Waals surface area contributed by atoms with Crippen LogP contribution in [0.5, 0.6) is 5.75 Å². The maximum Gasteiger partial charge on any atom is 0.338 e. The van der Waals surface area contributed by atoms with Crippen LogP contribution in [-0.4, -0.2) is 45.9 Å². The van der Waals surface area contributed by atoms with Gasteiger partial charge in [-0.05, 0) is 48.9 Å². The number of rotatable bonds is 6. The Labute approximate surface area is 160 Å². The molecule has 2 aromatic carbocycles. The normalized spacial score (nSPS) is 14.1. The van der Waals surface area contributed by atoms with Crippen LogP contribution < -0.4 is 20.3 Å². The van der Waals surface area contributed by atoms with Gasteiger partial charge in [0.15, 0.2) is 0 Å². The van der Waals surface area contributed by atoms with Gasteiger partial charge in [0.2, 0.25) is 0 Å². The summed E-state index contributed by atoms with van der Waals surface area (Å²) in [7, 11) is 1.67. The van der Waals surface area contributed by atoms with E-state index in [-0.39, 0.29) is 5.97 Å². The van der Waals surface area contributed by atoms with Crippen LogP contribution >= 0.6 is 0 Å². The van der Waals surface area contributed by atoms with Gasteiger partial charge < -0.3 is 25.0 Å². The number of carbonyl (C=O) groups excluding carboxylic acids is 1. The molecular formula is C21H27N3O3. The van der Waals surface area contributed by atoms with E-state index in [0.717, 1.165) is 44.0 Å². The van der Waals surface area contributed by atoms with Gasteiger partial charge in [-0.15, -0.1) is 0 Å². The predicted molar refractivity (Wildman–Crippen MR) is 109 cm³/mol. The number of methoxy groups -OCH3 is 1. The SMILES string of the molecule is CCCOC(=O)c1ccc(N2CCN(c3ccc(OC)cc3)CC2)c(N)c1. The summed E-state index contributed by atoms with van der Waals surface area (Å²) in [5.74, 6) is 0.544. The number of nitrogens with two attached hydrogens (primary N) is 1. The van der Waals surface area contributed by atoms with Gasteiger partial charge in [0.25, 0.3) is 0 Å². The largest absolute Gasteiger partial charge is 0.497 e. The standard InChI is InChI=1S/C21H27N3O3/c1-3-14-27-21(25)16-4-9-20(19(22)15-16)24-12-10-23(11-13-24)17-5-7-18(26-2)8-6-17/h4-9,15H,3,10-14,22H2,1-2H3. The van der Waals surface area contributed by atoms with E-state index in [2.05, 4.69) is 21.9 Å². The second kappa shape index (κ2) is 8.66. The highest BCUT2D eigenvalue weighted by molar-refractivity contribution is 5.92. The first-order valence-corrected chi connectivity index (χ1v) is 9.33. The van der Waals surface area contributed by atoms with Crippen molar-refractivity contribution in [1.82, 2.24) is 0 Å². The van der Waals surface area contributed by atoms with E-state index in [9.17, 15) is 4.79 Å². The van der Waals surface area contributed by atoms with Crippen molar-refractivity contribution in [3.63, 3.8) is 0 Å². The van der Waals surface area contributed by atoms with Gasteiger partial charge in [0.1, 0.15) is 5.75 Å². The molecule has 6 heteroatoms. The first kappa shape index (κ1) is 18.9. The number of nitrogen functional groups attached to an aromatic ring is 1. The monoisotopic (exact) mass is 369 g/mol. The minimum Gasteiger partial charge on any atom is -0.497 e. The lowest BCUT2D eigenvalue weighted by molar-refractivity contribution is 0.0505. The second-order valence-electron chi connectivity index (χ2n) is 6.58. The number of hydrogen-bond donors (Lipinski definition) is 1. The molecule has 1 saturated heterocycles. The minimum absolute atomic E-state index is 0.320. The van der Waals surface area contributed by atoms with Gasteiger partial charge in [-0.2, -0.15) is 0 Å². The lowest BCUT2D eigenvalue weighted by atomic mass is 10.1. The Hall–Kier alpha value is -2.89. The summed E-state index contributed by atoms with van der Waals surface area (Å²) in [6.07, 6.45) is 0.803. The maximum absolute atomic E-state index is 12.0. The molecule has 0 atom stereocenters. The lowest BCUT2D eigenvalue weighted by Crippen LogP contribution is -2.46. The van der Waals surface area contributed by atoms with Crippen LogP contribution in [0.3, 0.4) is 0 Å². The second-order valence-corrected chi connectivity index (χ2v) is 6.58. The molecule has 1 heterocycles. The van der Waals surface area contributed by atoms with Gasteiger partial charge in [0.05, 0.1) is 30.7 Å². The molecule has 1 aliphatic heterocycles.